The second-order valence-electron chi connectivity index (χ2n) is 7.16. The first-order chi connectivity index (χ1) is 16.0. The predicted octanol–water partition coefficient (Wildman–Crippen LogP) is 2.60. The molecule has 3 aromatic rings. The van der Waals surface area contributed by atoms with Crippen molar-refractivity contribution in [3.05, 3.63) is 59.0 Å². The fourth-order valence-corrected chi connectivity index (χ4v) is 4.05. The minimum Gasteiger partial charge on any atom is -0.497 e. The number of carbonyl (C=O) groups excluding carboxylic acids is 3. The number of nitrogens with one attached hydrogen (secondary N) is 1. The number of methoxy groups -OCH3 is 2. The van der Waals surface area contributed by atoms with E-state index in [-0.39, 0.29) is 23.3 Å². The van der Waals surface area contributed by atoms with Gasteiger partial charge < -0.3 is 23.7 Å². The number of hydrogen-bond acceptors (Lipinski definition) is 8. The number of thiazole rings is 1. The van der Waals surface area contributed by atoms with Gasteiger partial charge in [-0.25, -0.2) is 4.98 Å². The predicted molar refractivity (Wildman–Crippen MR) is 120 cm³/mol. The number of aromatic nitrogens is 1. The largest absolute Gasteiger partial charge is 0.497 e. The topological polar surface area (TPSA) is 114 Å². The lowest BCUT2D eigenvalue weighted by atomic mass is 10.2. The smallest absolute Gasteiger partial charge is 0.289 e. The molecule has 0 bridgehead atoms. The molecule has 0 atom stereocenters. The van der Waals surface area contributed by atoms with Crippen molar-refractivity contribution in [3.63, 3.8) is 0 Å². The number of nitrogens with zero attached hydrogens (tertiary/aromatic N) is 3. The molecule has 1 fully saturated rings. The summed E-state index contributed by atoms with van der Waals surface area (Å²) in [5.41, 5.74) is 0.580. The van der Waals surface area contributed by atoms with Crippen molar-refractivity contribution in [1.29, 1.82) is 0 Å². The molecule has 1 aliphatic rings. The van der Waals surface area contributed by atoms with Gasteiger partial charge in [0.2, 0.25) is 0 Å². The van der Waals surface area contributed by atoms with E-state index in [4.69, 9.17) is 13.9 Å². The maximum atomic E-state index is 12.8. The fraction of sp³-hybridized carbons (Fsp3) is 0.273. The first-order valence-electron chi connectivity index (χ1n) is 10.1. The van der Waals surface area contributed by atoms with E-state index in [1.165, 1.54) is 20.5 Å². The van der Waals surface area contributed by atoms with Crippen LogP contribution in [0.2, 0.25) is 0 Å². The normalized spacial score (nSPS) is 13.5. The summed E-state index contributed by atoms with van der Waals surface area (Å²) < 4.78 is 15.5. The Labute approximate surface area is 193 Å². The molecule has 0 radical (unpaired) electrons. The van der Waals surface area contributed by atoms with E-state index in [0.29, 0.717) is 48.4 Å². The van der Waals surface area contributed by atoms with Crippen molar-refractivity contribution in [2.45, 2.75) is 0 Å². The highest BCUT2D eigenvalue weighted by Gasteiger charge is 2.27. The standard InChI is InChI=1S/C22H22N4O6S/c1-30-15-10-14(11-16(12-15)31-2)19(27)24-22-23-17(13-33-22)20(28)25-5-7-26(8-6-25)21(29)18-4-3-9-32-18/h3-4,9-13H,5-8H2,1-2H3,(H,23,24,27). The third-order valence-corrected chi connectivity index (χ3v) is 5.90. The molecule has 0 aliphatic carbocycles. The Bertz CT molecular complexity index is 1130. The Kier molecular flexibility index (Phi) is 6.59. The average Bonchev–Trinajstić information content (AvgIpc) is 3.55. The van der Waals surface area contributed by atoms with E-state index < -0.39 is 5.91 Å². The van der Waals surface area contributed by atoms with E-state index >= 15 is 0 Å². The van der Waals surface area contributed by atoms with Crippen molar-refractivity contribution in [2.75, 3.05) is 45.7 Å². The summed E-state index contributed by atoms with van der Waals surface area (Å²) >= 11 is 1.16. The van der Waals surface area contributed by atoms with Crippen LogP contribution in [-0.4, -0.2) is 72.9 Å². The molecule has 1 saturated heterocycles. The second kappa shape index (κ2) is 9.74. The van der Waals surface area contributed by atoms with E-state index in [1.54, 1.807) is 45.5 Å². The van der Waals surface area contributed by atoms with Gasteiger partial charge in [-0.1, -0.05) is 0 Å². The van der Waals surface area contributed by atoms with Crippen LogP contribution < -0.4 is 14.8 Å². The van der Waals surface area contributed by atoms with Gasteiger partial charge in [0.05, 0.1) is 20.5 Å². The SMILES string of the molecule is COc1cc(OC)cc(C(=O)Nc2nc(C(=O)N3CCN(C(=O)c4ccco4)CC3)cs2)c1. The lowest BCUT2D eigenvalue weighted by molar-refractivity contribution is 0.0515. The molecule has 1 aromatic carbocycles. The van der Waals surface area contributed by atoms with Gasteiger partial charge in [-0.15, -0.1) is 11.3 Å². The molecule has 0 spiro atoms. The molecule has 3 amide bonds. The van der Waals surface area contributed by atoms with Gasteiger partial charge in [-0.05, 0) is 24.3 Å². The second-order valence-corrected chi connectivity index (χ2v) is 8.01. The van der Waals surface area contributed by atoms with E-state index in [1.807, 2.05) is 0 Å². The van der Waals surface area contributed by atoms with Gasteiger partial charge in [-0.3, -0.25) is 19.7 Å². The molecule has 172 valence electrons. The lowest BCUT2D eigenvalue weighted by Crippen LogP contribution is -2.50. The van der Waals surface area contributed by atoms with E-state index in [0.717, 1.165) is 11.3 Å². The number of ether oxygens (including phenoxy) is 2. The Balaban J connectivity index is 1.36. The minimum absolute atomic E-state index is 0.195. The molecule has 4 rings (SSSR count). The molecule has 0 saturated carbocycles. The first-order valence-corrected chi connectivity index (χ1v) is 11.0. The van der Waals surface area contributed by atoms with Gasteiger partial charge in [0.1, 0.15) is 17.2 Å². The zero-order valence-electron chi connectivity index (χ0n) is 18.1. The van der Waals surface area contributed by atoms with Gasteiger partial charge in [0, 0.05) is 43.2 Å². The van der Waals surface area contributed by atoms with Crippen LogP contribution in [-0.2, 0) is 0 Å². The highest BCUT2D eigenvalue weighted by molar-refractivity contribution is 7.14. The van der Waals surface area contributed by atoms with Crippen LogP contribution in [0.15, 0.2) is 46.4 Å². The number of piperazine rings is 1. The molecule has 3 heterocycles. The zero-order chi connectivity index (χ0) is 23.4. The Morgan fingerprint density at radius 2 is 1.64 bits per heavy atom. The maximum absolute atomic E-state index is 12.8. The Hall–Kier alpha value is -3.86. The summed E-state index contributed by atoms with van der Waals surface area (Å²) in [5, 5.41) is 4.60. The van der Waals surface area contributed by atoms with Crippen molar-refractivity contribution in [2.24, 2.45) is 0 Å². The summed E-state index contributed by atoms with van der Waals surface area (Å²) in [5.74, 6) is 0.409. The Morgan fingerprint density at radius 3 is 2.21 bits per heavy atom. The number of anilines is 1. The molecular formula is C22H22N4O6S. The molecule has 1 aliphatic heterocycles. The summed E-state index contributed by atoms with van der Waals surface area (Å²) in [6.45, 7) is 1.57. The fourth-order valence-electron chi connectivity index (χ4n) is 3.37. The van der Waals surface area contributed by atoms with Gasteiger partial charge in [0.15, 0.2) is 10.9 Å². The zero-order valence-corrected chi connectivity index (χ0v) is 18.9. The molecule has 0 unspecified atom stereocenters. The van der Waals surface area contributed by atoms with Crippen molar-refractivity contribution >= 4 is 34.2 Å². The van der Waals surface area contributed by atoms with Crippen LogP contribution in [0.3, 0.4) is 0 Å². The first kappa shape index (κ1) is 22.3. The number of hydrogen-bond donors (Lipinski definition) is 1. The molecule has 2 aromatic heterocycles. The summed E-state index contributed by atoms with van der Waals surface area (Å²) in [7, 11) is 3.00. The summed E-state index contributed by atoms with van der Waals surface area (Å²) in [4.78, 5) is 45.4. The molecular weight excluding hydrogens is 448 g/mol. The third-order valence-electron chi connectivity index (χ3n) is 5.14. The van der Waals surface area contributed by atoms with Gasteiger partial charge in [0.25, 0.3) is 17.7 Å². The van der Waals surface area contributed by atoms with Crippen molar-refractivity contribution in [3.8, 4) is 11.5 Å². The van der Waals surface area contributed by atoms with Crippen molar-refractivity contribution < 1.29 is 28.3 Å². The van der Waals surface area contributed by atoms with Crippen LogP contribution in [0, 0.1) is 0 Å². The van der Waals surface area contributed by atoms with Gasteiger partial charge >= 0.3 is 0 Å². The van der Waals surface area contributed by atoms with Crippen molar-refractivity contribution in [1.82, 2.24) is 14.8 Å². The lowest BCUT2D eigenvalue weighted by Gasteiger charge is -2.33. The number of rotatable bonds is 6. The number of furan rings is 1. The van der Waals surface area contributed by atoms with Crippen LogP contribution in [0.1, 0.15) is 31.4 Å². The number of benzene rings is 1. The highest BCUT2D eigenvalue weighted by Crippen LogP contribution is 2.24. The molecule has 1 N–H and O–H groups in total. The third kappa shape index (κ3) is 4.98. The van der Waals surface area contributed by atoms with E-state index in [9.17, 15) is 14.4 Å². The number of amides is 3. The van der Waals surface area contributed by atoms with Crippen LogP contribution in [0.25, 0.3) is 0 Å². The molecule has 33 heavy (non-hydrogen) atoms. The van der Waals surface area contributed by atoms with Crippen LogP contribution >= 0.6 is 11.3 Å². The monoisotopic (exact) mass is 470 g/mol. The summed E-state index contributed by atoms with van der Waals surface area (Å²) in [6.07, 6.45) is 1.45. The Morgan fingerprint density at radius 1 is 1.00 bits per heavy atom. The quantitative estimate of drug-likeness (QED) is 0.589. The van der Waals surface area contributed by atoms with Gasteiger partial charge in [-0.2, -0.15) is 0 Å². The minimum atomic E-state index is -0.398. The molecule has 10 nitrogen and oxygen atoms in total. The number of carbonyl (C=O) groups is 3. The van der Waals surface area contributed by atoms with Crippen LogP contribution in [0.5, 0.6) is 11.5 Å². The molecule has 11 heteroatoms. The van der Waals surface area contributed by atoms with Crippen LogP contribution in [0.4, 0.5) is 5.13 Å². The summed E-state index contributed by atoms with van der Waals surface area (Å²) in [6, 6.07) is 8.11. The maximum Gasteiger partial charge on any atom is 0.289 e. The highest BCUT2D eigenvalue weighted by atomic mass is 32.1. The van der Waals surface area contributed by atoms with E-state index in [2.05, 4.69) is 10.3 Å². The average molecular weight is 471 g/mol.